The fraction of sp³-hybridized carbons (Fsp3) is 0.619. The molecule has 0 aliphatic carbocycles. The van der Waals surface area contributed by atoms with Gasteiger partial charge in [0, 0.05) is 12.4 Å². The highest BCUT2D eigenvalue weighted by Gasteiger charge is 2.63. The van der Waals surface area contributed by atoms with Crippen LogP contribution in [-0.2, 0) is 9.47 Å². The van der Waals surface area contributed by atoms with Crippen LogP contribution in [0.1, 0.15) is 25.9 Å². The highest BCUT2D eigenvalue weighted by atomic mass is 16.6. The Morgan fingerprint density at radius 1 is 1.22 bits per heavy atom. The number of nitrogens with zero attached hydrogens (tertiary/aromatic N) is 5. The number of nitrogens with one attached hydrogen (secondary N) is 2. The molecule has 3 aliphatic rings. The molecule has 2 aromatic heterocycles. The zero-order valence-electron chi connectivity index (χ0n) is 19.5. The molecule has 0 bridgehead atoms. The lowest BCUT2D eigenvalue weighted by molar-refractivity contribution is -0.133. The molecule has 196 valence electrons. The van der Waals surface area contributed by atoms with Gasteiger partial charge in [-0.05, 0) is 6.42 Å². The summed E-state index contributed by atoms with van der Waals surface area (Å²) in [6.07, 6.45) is -1.64. The maximum absolute atomic E-state index is 13.1. The predicted molar refractivity (Wildman–Crippen MR) is 124 cm³/mol. The van der Waals surface area contributed by atoms with Gasteiger partial charge in [-0.25, -0.2) is 4.98 Å². The number of fused-ring (bicyclic) bond motifs is 1. The average Bonchev–Trinajstić information content (AvgIpc) is 3.65. The van der Waals surface area contributed by atoms with Crippen LogP contribution in [0, 0.1) is 0 Å². The van der Waals surface area contributed by atoms with E-state index < -0.39 is 66.2 Å². The van der Waals surface area contributed by atoms with E-state index in [1.807, 2.05) is 6.92 Å². The minimum atomic E-state index is -1.51. The number of hydrogen-bond acceptors (Lipinski definition) is 12. The summed E-state index contributed by atoms with van der Waals surface area (Å²) in [6, 6.07) is 0. The summed E-state index contributed by atoms with van der Waals surface area (Å²) in [7, 11) is 0. The van der Waals surface area contributed by atoms with Crippen LogP contribution >= 0.6 is 0 Å². The van der Waals surface area contributed by atoms with Gasteiger partial charge in [0.25, 0.3) is 11.4 Å². The van der Waals surface area contributed by atoms with Crippen molar-refractivity contribution in [1.29, 1.82) is 0 Å². The Morgan fingerprint density at radius 2 is 2.00 bits per heavy atom. The van der Waals surface area contributed by atoms with Crippen molar-refractivity contribution in [3.8, 4) is 0 Å². The summed E-state index contributed by atoms with van der Waals surface area (Å²) in [5.41, 5.74) is -0.622. The molecule has 0 aromatic carbocycles. The van der Waals surface area contributed by atoms with Gasteiger partial charge in [-0.2, -0.15) is 14.5 Å². The van der Waals surface area contributed by atoms with Gasteiger partial charge in [-0.15, -0.1) is 0 Å². The summed E-state index contributed by atoms with van der Waals surface area (Å²) < 4.78 is 13.0. The number of H-pyrrole nitrogens is 1. The smallest absolute Gasteiger partial charge is 0.284 e. The molecule has 15 nitrogen and oxygen atoms in total. The van der Waals surface area contributed by atoms with E-state index in [9.17, 15) is 30.3 Å². The molecule has 2 saturated heterocycles. The molecule has 2 aromatic rings. The SMILES string of the molecule is CCC(Nc1nc2c(c(=O)[nH]1)N=C[N+]2([C@@H]1C[C@H](O)[C@@H](CO)O1)[C@@H]1O[C@H](CO)[C@@H](O)[C@H]1O)n1ccnc1. The zero-order chi connectivity index (χ0) is 25.6. The van der Waals surface area contributed by atoms with E-state index in [2.05, 4.69) is 25.3 Å². The third-order valence-corrected chi connectivity index (χ3v) is 6.99. The second-order valence-electron chi connectivity index (χ2n) is 9.09. The quantitative estimate of drug-likeness (QED) is 0.192. The van der Waals surface area contributed by atoms with Crippen molar-refractivity contribution in [2.24, 2.45) is 4.99 Å². The van der Waals surface area contributed by atoms with Crippen molar-refractivity contribution >= 4 is 23.8 Å². The molecule has 36 heavy (non-hydrogen) atoms. The zero-order valence-corrected chi connectivity index (χ0v) is 19.5. The van der Waals surface area contributed by atoms with Crippen molar-refractivity contribution in [3.63, 3.8) is 0 Å². The first-order valence-corrected chi connectivity index (χ1v) is 11.7. The average molecular weight is 509 g/mol. The van der Waals surface area contributed by atoms with Crippen LogP contribution in [0.5, 0.6) is 0 Å². The van der Waals surface area contributed by atoms with E-state index in [1.54, 1.807) is 23.3 Å². The second kappa shape index (κ2) is 9.60. The predicted octanol–water partition coefficient (Wildman–Crippen LogP) is -2.12. The molecule has 9 atom stereocenters. The molecule has 5 heterocycles. The number of aromatic amines is 1. The molecular weight excluding hydrogens is 478 g/mol. The van der Waals surface area contributed by atoms with Crippen molar-refractivity contribution in [1.82, 2.24) is 24.0 Å². The molecule has 7 N–H and O–H groups in total. The molecule has 2 unspecified atom stereocenters. The lowest BCUT2D eigenvalue weighted by Gasteiger charge is -2.39. The minimum absolute atomic E-state index is 0.00693. The van der Waals surface area contributed by atoms with E-state index in [-0.39, 0.29) is 30.0 Å². The van der Waals surface area contributed by atoms with Gasteiger partial charge >= 0.3 is 0 Å². The van der Waals surface area contributed by atoms with E-state index in [0.29, 0.717) is 6.42 Å². The maximum Gasteiger partial charge on any atom is 0.284 e. The molecular formula is C21H30N7O8+. The number of hydrogen-bond donors (Lipinski definition) is 7. The van der Waals surface area contributed by atoms with Crippen LogP contribution in [0.15, 0.2) is 28.5 Å². The minimum Gasteiger partial charge on any atom is -0.394 e. The van der Waals surface area contributed by atoms with Crippen LogP contribution in [0.4, 0.5) is 17.5 Å². The Hall–Kier alpha value is -2.76. The monoisotopic (exact) mass is 508 g/mol. The number of imidazole rings is 1. The van der Waals surface area contributed by atoms with Crippen LogP contribution in [0.3, 0.4) is 0 Å². The Morgan fingerprint density at radius 3 is 2.61 bits per heavy atom. The van der Waals surface area contributed by atoms with Gasteiger partial charge in [-0.3, -0.25) is 9.78 Å². The van der Waals surface area contributed by atoms with Crippen LogP contribution in [0.25, 0.3) is 0 Å². The number of ether oxygens (including phenoxy) is 2. The number of aliphatic hydroxyl groups excluding tert-OH is 5. The fourth-order valence-corrected chi connectivity index (χ4v) is 5.06. The number of aliphatic imine (C=N–C) groups is 1. The van der Waals surface area contributed by atoms with Gasteiger partial charge in [0.2, 0.25) is 30.4 Å². The van der Waals surface area contributed by atoms with E-state index in [4.69, 9.17) is 9.47 Å². The number of aromatic nitrogens is 4. The van der Waals surface area contributed by atoms with Gasteiger partial charge in [0.05, 0.1) is 32.1 Å². The van der Waals surface area contributed by atoms with Crippen LogP contribution < -0.4 is 15.4 Å². The topological polar surface area (TPSA) is 208 Å². The van der Waals surface area contributed by atoms with E-state index in [0.717, 1.165) is 0 Å². The lowest BCUT2D eigenvalue weighted by Crippen LogP contribution is -2.65. The van der Waals surface area contributed by atoms with Gasteiger partial charge in [0.1, 0.15) is 24.5 Å². The summed E-state index contributed by atoms with van der Waals surface area (Å²) in [4.78, 5) is 28.7. The summed E-state index contributed by atoms with van der Waals surface area (Å²) >= 11 is 0. The maximum atomic E-state index is 13.1. The number of rotatable bonds is 8. The normalized spacial score (nSPS) is 36.3. The molecule has 0 spiro atoms. The largest absolute Gasteiger partial charge is 0.394 e. The molecule has 2 fully saturated rings. The highest BCUT2D eigenvalue weighted by molar-refractivity contribution is 5.87. The van der Waals surface area contributed by atoms with Gasteiger partial charge < -0.3 is 44.9 Å². The van der Waals surface area contributed by atoms with Crippen molar-refractivity contribution < 1.29 is 35.0 Å². The standard InChI is InChI=1S/C21H29N7O8/c1-2-13(27-4-3-22-8-27)24-21-25-18-15(19(34)26-21)23-9-28(18,14-5-10(31)11(6-29)35-14)20-17(33)16(32)12(7-30)36-20/h3-4,8-14,16-17,20,29-33H,2,5-7H2,1H3,(H-,24,25,26,34)/p+1/t10-,11+,12+,13?,14-,16+,17+,20+,28?/m0/s1. The molecule has 15 heteroatoms. The summed E-state index contributed by atoms with van der Waals surface area (Å²) in [6.45, 7) is 0.912. The lowest BCUT2D eigenvalue weighted by atomic mass is 10.1. The molecule has 3 aliphatic heterocycles. The van der Waals surface area contributed by atoms with Crippen molar-refractivity contribution in [3.05, 3.63) is 29.1 Å². The van der Waals surface area contributed by atoms with E-state index in [1.165, 1.54) is 6.34 Å². The van der Waals surface area contributed by atoms with Crippen LogP contribution in [-0.4, -0.2) is 108 Å². The molecule has 0 saturated carbocycles. The summed E-state index contributed by atoms with van der Waals surface area (Å²) in [5.74, 6) is 0.170. The second-order valence-corrected chi connectivity index (χ2v) is 9.09. The molecule has 5 rings (SSSR count). The Labute approximate surface area is 204 Å². The fourth-order valence-electron chi connectivity index (χ4n) is 5.06. The number of quaternary nitrogens is 1. The van der Waals surface area contributed by atoms with Crippen molar-refractivity contribution in [2.45, 2.75) is 68.9 Å². The first-order chi connectivity index (χ1) is 17.3. The van der Waals surface area contributed by atoms with Gasteiger partial charge in [0.15, 0.2) is 6.10 Å². The Bertz CT molecular complexity index is 1160. The Kier molecular flexibility index (Phi) is 6.65. The molecule has 0 amide bonds. The van der Waals surface area contributed by atoms with Crippen LogP contribution in [0.2, 0.25) is 0 Å². The first kappa shape index (κ1) is 24.9. The van der Waals surface area contributed by atoms with Gasteiger partial charge in [-0.1, -0.05) is 6.92 Å². The highest BCUT2D eigenvalue weighted by Crippen LogP contribution is 2.45. The Balaban J connectivity index is 1.60. The third kappa shape index (κ3) is 3.84. The number of aliphatic hydroxyl groups is 5. The van der Waals surface area contributed by atoms with E-state index >= 15 is 0 Å². The summed E-state index contributed by atoms with van der Waals surface area (Å²) in [5, 5.41) is 54.3. The van der Waals surface area contributed by atoms with Crippen molar-refractivity contribution in [2.75, 3.05) is 18.5 Å². The number of anilines is 1. The third-order valence-electron chi connectivity index (χ3n) is 6.99. The molecule has 0 radical (unpaired) electrons. The first-order valence-electron chi connectivity index (χ1n) is 11.7.